The highest BCUT2D eigenvalue weighted by atomic mass is 16.4. The van der Waals surface area contributed by atoms with Crippen LogP contribution in [0.25, 0.3) is 10.8 Å². The summed E-state index contributed by atoms with van der Waals surface area (Å²) < 4.78 is 0. The van der Waals surface area contributed by atoms with E-state index in [0.717, 1.165) is 16.3 Å². The molecule has 0 aromatic heterocycles. The number of fused-ring (bicyclic) bond motifs is 1. The number of carboxylic acid groups (broad SMARTS) is 1. The quantitative estimate of drug-likeness (QED) is 0.900. The maximum Gasteiger partial charge on any atom is 0.305 e. The Morgan fingerprint density at radius 3 is 2.82 bits per heavy atom. The summed E-state index contributed by atoms with van der Waals surface area (Å²) >= 11 is 0. The van der Waals surface area contributed by atoms with Gasteiger partial charge in [0.05, 0.1) is 6.42 Å². The summed E-state index contributed by atoms with van der Waals surface area (Å²) in [5.74, 6) is -1.15. The van der Waals surface area contributed by atoms with E-state index in [0.29, 0.717) is 19.6 Å². The van der Waals surface area contributed by atoms with Crippen LogP contribution in [0, 0.1) is 0 Å². The molecule has 0 radical (unpaired) electrons. The van der Waals surface area contributed by atoms with E-state index >= 15 is 0 Å². The molecule has 1 atom stereocenters. The molecule has 2 aromatic rings. The lowest BCUT2D eigenvalue weighted by atomic mass is 10.0. The molecule has 5 nitrogen and oxygen atoms in total. The van der Waals surface area contributed by atoms with Crippen molar-refractivity contribution in [1.29, 1.82) is 0 Å². The Morgan fingerprint density at radius 2 is 2.00 bits per heavy atom. The second-order valence-electron chi connectivity index (χ2n) is 5.51. The Morgan fingerprint density at radius 1 is 1.23 bits per heavy atom. The lowest BCUT2D eigenvalue weighted by Gasteiger charge is -2.34. The van der Waals surface area contributed by atoms with Gasteiger partial charge in [0.1, 0.15) is 6.04 Å². The molecule has 1 saturated heterocycles. The summed E-state index contributed by atoms with van der Waals surface area (Å²) in [6.45, 7) is 1.79. The van der Waals surface area contributed by atoms with Gasteiger partial charge in [0.25, 0.3) is 0 Å². The van der Waals surface area contributed by atoms with Crippen molar-refractivity contribution in [2.75, 3.05) is 13.1 Å². The third-order valence-corrected chi connectivity index (χ3v) is 4.06. The first-order valence-electron chi connectivity index (χ1n) is 7.35. The second kappa shape index (κ2) is 6.15. The Labute approximate surface area is 128 Å². The molecule has 0 aliphatic carbocycles. The maximum atomic E-state index is 12.0. The third-order valence-electron chi connectivity index (χ3n) is 4.06. The lowest BCUT2D eigenvalue weighted by Crippen LogP contribution is -2.55. The van der Waals surface area contributed by atoms with E-state index in [4.69, 9.17) is 5.11 Å². The number of aliphatic carboxylic acids is 1. The Bertz CT molecular complexity index is 709. The Hall–Kier alpha value is -2.40. The lowest BCUT2D eigenvalue weighted by molar-refractivity contribution is -0.143. The molecular weight excluding hydrogens is 280 g/mol. The van der Waals surface area contributed by atoms with Crippen molar-refractivity contribution >= 4 is 22.6 Å². The summed E-state index contributed by atoms with van der Waals surface area (Å²) in [7, 11) is 0. The topological polar surface area (TPSA) is 69.6 Å². The molecule has 0 bridgehead atoms. The van der Waals surface area contributed by atoms with Crippen LogP contribution < -0.4 is 5.32 Å². The van der Waals surface area contributed by atoms with Crippen molar-refractivity contribution in [3.63, 3.8) is 0 Å². The summed E-state index contributed by atoms with van der Waals surface area (Å²) in [4.78, 5) is 24.9. The average molecular weight is 298 g/mol. The fraction of sp³-hybridized carbons (Fsp3) is 0.294. The first-order chi connectivity index (χ1) is 10.6. The molecule has 1 heterocycles. The van der Waals surface area contributed by atoms with Gasteiger partial charge in [0.15, 0.2) is 0 Å². The van der Waals surface area contributed by atoms with Gasteiger partial charge in [-0.2, -0.15) is 0 Å². The molecule has 22 heavy (non-hydrogen) atoms. The standard InChI is InChI=1S/C17H18N2O3/c20-16(21)10-15-17(22)18-8-9-19(15)11-13-6-3-5-12-4-1-2-7-14(12)13/h1-7,15H,8-11H2,(H,18,22)(H,20,21). The van der Waals surface area contributed by atoms with Crippen LogP contribution in [-0.2, 0) is 16.1 Å². The molecule has 114 valence electrons. The van der Waals surface area contributed by atoms with Crippen LogP contribution in [0.5, 0.6) is 0 Å². The van der Waals surface area contributed by atoms with Gasteiger partial charge in [-0.25, -0.2) is 0 Å². The molecule has 2 N–H and O–H groups in total. The van der Waals surface area contributed by atoms with Gasteiger partial charge >= 0.3 is 5.97 Å². The summed E-state index contributed by atoms with van der Waals surface area (Å²) in [5.41, 5.74) is 1.11. The van der Waals surface area contributed by atoms with Crippen molar-refractivity contribution in [2.24, 2.45) is 0 Å². The first-order valence-corrected chi connectivity index (χ1v) is 7.35. The number of benzene rings is 2. The van der Waals surface area contributed by atoms with Crippen molar-refractivity contribution < 1.29 is 14.7 Å². The first kappa shape index (κ1) is 14.5. The highest BCUT2D eigenvalue weighted by molar-refractivity contribution is 5.87. The number of carboxylic acids is 1. The second-order valence-corrected chi connectivity index (χ2v) is 5.51. The van der Waals surface area contributed by atoms with Crippen LogP contribution in [-0.4, -0.2) is 41.0 Å². The minimum atomic E-state index is -0.954. The fourth-order valence-corrected chi connectivity index (χ4v) is 2.99. The van der Waals surface area contributed by atoms with Crippen LogP contribution in [0.1, 0.15) is 12.0 Å². The largest absolute Gasteiger partial charge is 0.481 e. The van der Waals surface area contributed by atoms with E-state index < -0.39 is 12.0 Å². The zero-order valence-electron chi connectivity index (χ0n) is 12.2. The fourth-order valence-electron chi connectivity index (χ4n) is 2.99. The molecular formula is C17H18N2O3. The van der Waals surface area contributed by atoms with Gasteiger partial charge < -0.3 is 10.4 Å². The highest BCUT2D eigenvalue weighted by Gasteiger charge is 2.31. The third kappa shape index (κ3) is 2.94. The van der Waals surface area contributed by atoms with E-state index in [1.54, 1.807) is 0 Å². The number of amides is 1. The number of piperazine rings is 1. The minimum Gasteiger partial charge on any atom is -0.481 e. The number of hydrogen-bond acceptors (Lipinski definition) is 3. The zero-order valence-corrected chi connectivity index (χ0v) is 12.2. The molecule has 0 spiro atoms. The van der Waals surface area contributed by atoms with E-state index in [2.05, 4.69) is 23.5 Å². The Balaban J connectivity index is 1.89. The number of hydrogen-bond donors (Lipinski definition) is 2. The molecule has 1 aliphatic rings. The summed E-state index contributed by atoms with van der Waals surface area (Å²) in [6, 6.07) is 13.6. The number of carbonyl (C=O) groups is 2. The Kier molecular flexibility index (Phi) is 4.06. The average Bonchev–Trinajstić information content (AvgIpc) is 2.51. The van der Waals surface area contributed by atoms with E-state index in [1.807, 2.05) is 29.2 Å². The molecule has 2 aromatic carbocycles. The normalized spacial score (nSPS) is 19.1. The number of rotatable bonds is 4. The molecule has 1 aliphatic heterocycles. The SMILES string of the molecule is O=C(O)CC1C(=O)NCCN1Cc1cccc2ccccc12. The van der Waals surface area contributed by atoms with Gasteiger partial charge in [-0.05, 0) is 16.3 Å². The van der Waals surface area contributed by atoms with Crippen molar-refractivity contribution in [2.45, 2.75) is 19.0 Å². The van der Waals surface area contributed by atoms with Gasteiger partial charge in [-0.3, -0.25) is 14.5 Å². The minimum absolute atomic E-state index is 0.170. The van der Waals surface area contributed by atoms with E-state index in [1.165, 1.54) is 0 Å². The number of carbonyl (C=O) groups excluding carboxylic acids is 1. The molecule has 1 amide bonds. The monoisotopic (exact) mass is 298 g/mol. The van der Waals surface area contributed by atoms with Gasteiger partial charge in [-0.1, -0.05) is 42.5 Å². The van der Waals surface area contributed by atoms with Crippen LogP contribution in [0.3, 0.4) is 0 Å². The molecule has 1 unspecified atom stereocenters. The van der Waals surface area contributed by atoms with Crippen molar-refractivity contribution in [3.05, 3.63) is 48.0 Å². The van der Waals surface area contributed by atoms with Crippen LogP contribution in [0.4, 0.5) is 0 Å². The van der Waals surface area contributed by atoms with Gasteiger partial charge in [0, 0.05) is 19.6 Å². The van der Waals surface area contributed by atoms with E-state index in [9.17, 15) is 9.59 Å². The zero-order chi connectivity index (χ0) is 15.5. The summed E-state index contributed by atoms with van der Waals surface area (Å²) in [6.07, 6.45) is -0.170. The van der Waals surface area contributed by atoms with E-state index in [-0.39, 0.29) is 12.3 Å². The van der Waals surface area contributed by atoms with Crippen LogP contribution in [0.2, 0.25) is 0 Å². The predicted octanol–water partition coefficient (Wildman–Crippen LogP) is 1.61. The van der Waals surface area contributed by atoms with Gasteiger partial charge in [0.2, 0.25) is 5.91 Å². The van der Waals surface area contributed by atoms with Crippen molar-refractivity contribution in [1.82, 2.24) is 10.2 Å². The number of nitrogens with zero attached hydrogens (tertiary/aromatic N) is 1. The smallest absolute Gasteiger partial charge is 0.305 e. The van der Waals surface area contributed by atoms with Crippen molar-refractivity contribution in [3.8, 4) is 0 Å². The predicted molar refractivity (Wildman–Crippen MR) is 83.4 cm³/mol. The van der Waals surface area contributed by atoms with Crippen LogP contribution >= 0.6 is 0 Å². The number of nitrogens with one attached hydrogen (secondary N) is 1. The summed E-state index contributed by atoms with van der Waals surface area (Å²) in [5, 5.41) is 14.1. The van der Waals surface area contributed by atoms with Gasteiger partial charge in [-0.15, -0.1) is 0 Å². The molecule has 1 fully saturated rings. The molecule has 5 heteroatoms. The maximum absolute atomic E-state index is 12.0. The van der Waals surface area contributed by atoms with Crippen LogP contribution in [0.15, 0.2) is 42.5 Å². The molecule has 0 saturated carbocycles. The molecule has 3 rings (SSSR count). The highest BCUT2D eigenvalue weighted by Crippen LogP contribution is 2.22.